The summed E-state index contributed by atoms with van der Waals surface area (Å²) in [6, 6.07) is 13.7. The second-order valence-electron chi connectivity index (χ2n) is 5.06. The van der Waals surface area contributed by atoms with Crippen LogP contribution < -0.4 is 9.47 Å². The molecule has 4 heteroatoms. The first-order chi connectivity index (χ1) is 10.6. The summed E-state index contributed by atoms with van der Waals surface area (Å²) in [4.78, 5) is 4.72. The molecule has 22 heavy (non-hydrogen) atoms. The van der Waals surface area contributed by atoms with Gasteiger partial charge in [-0.05, 0) is 55.0 Å². The second-order valence-corrected chi connectivity index (χ2v) is 5.46. The van der Waals surface area contributed by atoms with E-state index in [9.17, 15) is 0 Å². The van der Waals surface area contributed by atoms with Gasteiger partial charge in [-0.2, -0.15) is 0 Å². The molecular formula is C18H16ClNO2. The van der Waals surface area contributed by atoms with Gasteiger partial charge in [-0.25, -0.2) is 4.98 Å². The number of hydrogen-bond acceptors (Lipinski definition) is 3. The summed E-state index contributed by atoms with van der Waals surface area (Å²) < 4.78 is 10.5. The first-order valence-electron chi connectivity index (χ1n) is 6.91. The van der Waals surface area contributed by atoms with Crippen molar-refractivity contribution in [1.29, 1.82) is 0 Å². The van der Waals surface area contributed by atoms with Crippen LogP contribution in [0.3, 0.4) is 0 Å². The number of halogens is 1. The van der Waals surface area contributed by atoms with Gasteiger partial charge in [0, 0.05) is 10.9 Å². The molecule has 0 atom stereocenters. The molecule has 0 radical (unpaired) electrons. The Hall–Kier alpha value is -2.26. The summed E-state index contributed by atoms with van der Waals surface area (Å²) in [5.41, 5.74) is 3.94. The molecule has 3 aromatic rings. The molecule has 0 amide bonds. The van der Waals surface area contributed by atoms with Gasteiger partial charge < -0.3 is 9.47 Å². The minimum Gasteiger partial charge on any atom is -0.497 e. The molecule has 1 heterocycles. The lowest BCUT2D eigenvalue weighted by molar-refractivity contribution is 0.415. The molecule has 112 valence electrons. The number of rotatable bonds is 3. The van der Waals surface area contributed by atoms with Gasteiger partial charge in [-0.15, -0.1) is 0 Å². The minimum atomic E-state index is 0.564. The Kier molecular flexibility index (Phi) is 3.90. The van der Waals surface area contributed by atoms with Crippen LogP contribution in [-0.4, -0.2) is 19.2 Å². The molecule has 0 fully saturated rings. The molecule has 0 aliphatic carbocycles. The van der Waals surface area contributed by atoms with Crippen LogP contribution in [0.4, 0.5) is 0 Å². The van der Waals surface area contributed by atoms with Gasteiger partial charge in [-0.1, -0.05) is 11.6 Å². The lowest BCUT2D eigenvalue weighted by Crippen LogP contribution is -1.91. The number of nitrogens with zero attached hydrogens (tertiary/aromatic N) is 1. The highest BCUT2D eigenvalue weighted by Crippen LogP contribution is 2.32. The van der Waals surface area contributed by atoms with E-state index in [0.717, 1.165) is 33.5 Å². The molecule has 0 saturated heterocycles. The van der Waals surface area contributed by atoms with Gasteiger partial charge in [0.05, 0.1) is 30.5 Å². The van der Waals surface area contributed by atoms with Crippen molar-refractivity contribution in [2.24, 2.45) is 0 Å². The predicted molar refractivity (Wildman–Crippen MR) is 90.0 cm³/mol. The highest BCUT2D eigenvalue weighted by Gasteiger charge is 2.09. The van der Waals surface area contributed by atoms with Crippen molar-refractivity contribution in [3.63, 3.8) is 0 Å². The Morgan fingerprint density at radius 3 is 2.32 bits per heavy atom. The van der Waals surface area contributed by atoms with Crippen LogP contribution in [0.15, 0.2) is 42.5 Å². The van der Waals surface area contributed by atoms with Gasteiger partial charge in [0.2, 0.25) is 0 Å². The van der Waals surface area contributed by atoms with E-state index >= 15 is 0 Å². The number of ether oxygens (including phenoxy) is 2. The second kappa shape index (κ2) is 5.85. The number of benzene rings is 2. The van der Waals surface area contributed by atoms with Crippen molar-refractivity contribution in [3.8, 4) is 22.8 Å². The van der Waals surface area contributed by atoms with Gasteiger partial charge in [0.25, 0.3) is 0 Å². The zero-order valence-electron chi connectivity index (χ0n) is 12.7. The summed E-state index contributed by atoms with van der Waals surface area (Å²) in [5.74, 6) is 1.49. The molecule has 3 rings (SSSR count). The van der Waals surface area contributed by atoms with Crippen LogP contribution in [0.1, 0.15) is 5.56 Å². The smallest absolute Gasteiger partial charge is 0.138 e. The van der Waals surface area contributed by atoms with Crippen LogP contribution in [0.25, 0.3) is 22.2 Å². The molecule has 0 aliphatic rings. The summed E-state index contributed by atoms with van der Waals surface area (Å²) in [7, 11) is 3.27. The number of aryl methyl sites for hydroxylation is 1. The first kappa shape index (κ1) is 14.7. The van der Waals surface area contributed by atoms with Gasteiger partial charge in [0.15, 0.2) is 0 Å². The fourth-order valence-corrected chi connectivity index (χ4v) is 2.70. The fraction of sp³-hybridized carbons (Fsp3) is 0.167. The Morgan fingerprint density at radius 1 is 0.955 bits per heavy atom. The van der Waals surface area contributed by atoms with Gasteiger partial charge in [-0.3, -0.25) is 0 Å². The maximum atomic E-state index is 6.21. The quantitative estimate of drug-likeness (QED) is 0.690. The third-order valence-electron chi connectivity index (χ3n) is 3.67. The van der Waals surface area contributed by atoms with Gasteiger partial charge >= 0.3 is 0 Å². The Morgan fingerprint density at radius 2 is 1.68 bits per heavy atom. The fourth-order valence-electron chi connectivity index (χ4n) is 2.46. The molecule has 1 aromatic heterocycles. The van der Waals surface area contributed by atoms with Crippen molar-refractivity contribution < 1.29 is 9.47 Å². The molecule has 0 unspecified atom stereocenters. The van der Waals surface area contributed by atoms with Crippen molar-refractivity contribution in [1.82, 2.24) is 4.98 Å². The third kappa shape index (κ3) is 2.60. The third-order valence-corrected chi connectivity index (χ3v) is 3.97. The largest absolute Gasteiger partial charge is 0.497 e. The van der Waals surface area contributed by atoms with Crippen molar-refractivity contribution in [2.75, 3.05) is 14.2 Å². The maximum absolute atomic E-state index is 6.21. The van der Waals surface area contributed by atoms with Crippen LogP contribution in [0, 0.1) is 6.92 Å². The van der Waals surface area contributed by atoms with Crippen molar-refractivity contribution >= 4 is 22.5 Å². The van der Waals surface area contributed by atoms with Crippen molar-refractivity contribution in [2.45, 2.75) is 6.92 Å². The summed E-state index contributed by atoms with van der Waals surface area (Å²) >= 11 is 6.21. The van der Waals surface area contributed by atoms with Crippen LogP contribution in [0.2, 0.25) is 5.02 Å². The van der Waals surface area contributed by atoms with E-state index in [1.165, 1.54) is 0 Å². The minimum absolute atomic E-state index is 0.564. The SMILES string of the molecule is COc1ccc(-c2cc(C)c3cc(OC)c(Cl)cc3n2)cc1. The molecule has 0 aliphatic heterocycles. The Bertz CT molecular complexity index is 829. The number of pyridine rings is 1. The van der Waals surface area contributed by atoms with E-state index in [0.29, 0.717) is 10.8 Å². The van der Waals surface area contributed by atoms with E-state index in [2.05, 4.69) is 13.0 Å². The normalized spacial score (nSPS) is 10.7. The number of fused-ring (bicyclic) bond motifs is 1. The Balaban J connectivity index is 2.15. The number of aromatic nitrogens is 1. The van der Waals surface area contributed by atoms with Crippen molar-refractivity contribution in [3.05, 3.63) is 53.1 Å². The van der Waals surface area contributed by atoms with E-state index in [4.69, 9.17) is 26.1 Å². The van der Waals surface area contributed by atoms with Gasteiger partial charge in [0.1, 0.15) is 11.5 Å². The first-order valence-corrected chi connectivity index (χ1v) is 7.29. The Labute approximate surface area is 134 Å². The molecule has 2 aromatic carbocycles. The number of hydrogen-bond donors (Lipinski definition) is 0. The topological polar surface area (TPSA) is 31.4 Å². The number of methoxy groups -OCH3 is 2. The highest BCUT2D eigenvalue weighted by atomic mass is 35.5. The monoisotopic (exact) mass is 313 g/mol. The average Bonchev–Trinajstić information content (AvgIpc) is 2.54. The summed E-state index contributed by atoms with van der Waals surface area (Å²) in [5, 5.41) is 1.60. The lowest BCUT2D eigenvalue weighted by Gasteiger charge is -2.10. The molecule has 0 saturated carbocycles. The van der Waals surface area contributed by atoms with Crippen LogP contribution in [0.5, 0.6) is 11.5 Å². The van der Waals surface area contributed by atoms with Crippen LogP contribution >= 0.6 is 11.6 Å². The highest BCUT2D eigenvalue weighted by molar-refractivity contribution is 6.32. The predicted octanol–water partition coefficient (Wildman–Crippen LogP) is 4.88. The standard InChI is InChI=1S/C18H16ClNO2/c1-11-8-16(12-4-6-13(21-2)7-5-12)20-17-10-15(19)18(22-3)9-14(11)17/h4-10H,1-3H3. The van der Waals surface area contributed by atoms with E-state index < -0.39 is 0 Å². The van der Waals surface area contributed by atoms with E-state index in [1.54, 1.807) is 14.2 Å². The zero-order chi connectivity index (χ0) is 15.7. The molecule has 0 N–H and O–H groups in total. The molecular weight excluding hydrogens is 298 g/mol. The van der Waals surface area contributed by atoms with E-state index in [1.807, 2.05) is 36.4 Å². The average molecular weight is 314 g/mol. The maximum Gasteiger partial charge on any atom is 0.138 e. The lowest BCUT2D eigenvalue weighted by atomic mass is 10.0. The molecule has 3 nitrogen and oxygen atoms in total. The molecule has 0 spiro atoms. The van der Waals surface area contributed by atoms with E-state index in [-0.39, 0.29) is 0 Å². The summed E-state index contributed by atoms with van der Waals surface area (Å²) in [6.07, 6.45) is 0. The molecule has 0 bridgehead atoms. The zero-order valence-corrected chi connectivity index (χ0v) is 13.4. The summed E-state index contributed by atoms with van der Waals surface area (Å²) in [6.45, 7) is 2.06. The van der Waals surface area contributed by atoms with Crippen LogP contribution in [-0.2, 0) is 0 Å².